The molecule has 2 N–H and O–H groups in total. The fourth-order valence-corrected chi connectivity index (χ4v) is 2.05. The van der Waals surface area contributed by atoms with Crippen LogP contribution in [0.4, 0.5) is 0 Å². The van der Waals surface area contributed by atoms with Crippen LogP contribution in [0.1, 0.15) is 18.1 Å². The van der Waals surface area contributed by atoms with Gasteiger partial charge in [-0.2, -0.15) is 0 Å². The number of aromatic nitrogens is 1. The van der Waals surface area contributed by atoms with E-state index in [4.69, 9.17) is 5.73 Å². The van der Waals surface area contributed by atoms with Gasteiger partial charge in [0.1, 0.15) is 0 Å². The van der Waals surface area contributed by atoms with Gasteiger partial charge in [-0.1, -0.05) is 6.07 Å². The highest BCUT2D eigenvalue weighted by Gasteiger charge is 2.05. The first kappa shape index (κ1) is 13.7. The van der Waals surface area contributed by atoms with Crippen LogP contribution < -0.4 is 11.3 Å². The lowest BCUT2D eigenvalue weighted by Gasteiger charge is -2.10. The largest absolute Gasteiger partial charge is 0.326 e. The molecule has 3 nitrogen and oxygen atoms in total. The minimum absolute atomic E-state index is 0. The van der Waals surface area contributed by atoms with E-state index in [0.29, 0.717) is 13.1 Å². The van der Waals surface area contributed by atoms with Gasteiger partial charge in [-0.3, -0.25) is 4.79 Å². The van der Waals surface area contributed by atoms with Crippen molar-refractivity contribution in [2.45, 2.75) is 26.9 Å². The number of rotatable bonds is 2. The Hall–Kier alpha value is -1.32. The Bertz CT molecular complexity index is 590. The molecule has 4 heteroatoms. The van der Waals surface area contributed by atoms with E-state index in [9.17, 15) is 4.79 Å². The summed E-state index contributed by atoms with van der Waals surface area (Å²) in [6.07, 6.45) is 0. The zero-order valence-corrected chi connectivity index (χ0v) is 10.9. The first-order chi connectivity index (χ1) is 7.67. The third-order valence-electron chi connectivity index (χ3n) is 2.93. The number of pyridine rings is 1. The number of nitrogens with two attached hydrogens (primary N) is 1. The van der Waals surface area contributed by atoms with Crippen molar-refractivity contribution in [1.82, 2.24) is 4.57 Å². The molecule has 0 unspecified atom stereocenters. The fraction of sp³-hybridized carbons (Fsp3) is 0.308. The summed E-state index contributed by atoms with van der Waals surface area (Å²) < 4.78 is 1.78. The molecule has 1 aromatic heterocycles. The van der Waals surface area contributed by atoms with Crippen LogP contribution in [0.3, 0.4) is 0 Å². The lowest BCUT2D eigenvalue weighted by Crippen LogP contribution is -2.19. The zero-order chi connectivity index (χ0) is 11.7. The average molecular weight is 253 g/mol. The molecular weight excluding hydrogens is 236 g/mol. The van der Waals surface area contributed by atoms with Gasteiger partial charge < -0.3 is 10.3 Å². The molecule has 0 radical (unpaired) electrons. The standard InChI is InChI=1S/C13H16N2O.ClH/c1-3-15-12-5-4-10(8-14)7-11(12)9(2)6-13(15)16;/h4-7H,3,8,14H2,1-2H3;1H. The van der Waals surface area contributed by atoms with E-state index in [0.717, 1.165) is 22.0 Å². The van der Waals surface area contributed by atoms with Crippen molar-refractivity contribution in [3.63, 3.8) is 0 Å². The highest BCUT2D eigenvalue weighted by Crippen LogP contribution is 2.18. The quantitative estimate of drug-likeness (QED) is 0.891. The molecule has 2 rings (SSSR count). The van der Waals surface area contributed by atoms with Gasteiger partial charge in [0.05, 0.1) is 5.52 Å². The summed E-state index contributed by atoms with van der Waals surface area (Å²) in [5.41, 5.74) is 8.78. The Morgan fingerprint density at radius 1 is 1.29 bits per heavy atom. The topological polar surface area (TPSA) is 48.0 Å². The molecule has 0 amide bonds. The van der Waals surface area contributed by atoms with Crippen LogP contribution in [0.2, 0.25) is 0 Å². The van der Waals surface area contributed by atoms with E-state index in [1.165, 1.54) is 0 Å². The van der Waals surface area contributed by atoms with Crippen LogP contribution in [-0.4, -0.2) is 4.57 Å². The Balaban J connectivity index is 0.00000144. The summed E-state index contributed by atoms with van der Waals surface area (Å²) in [4.78, 5) is 11.8. The molecule has 0 atom stereocenters. The fourth-order valence-electron chi connectivity index (χ4n) is 2.05. The number of aryl methyl sites for hydroxylation is 2. The molecule has 17 heavy (non-hydrogen) atoms. The van der Waals surface area contributed by atoms with Crippen molar-refractivity contribution in [3.8, 4) is 0 Å². The molecule has 0 saturated heterocycles. The normalized spacial score (nSPS) is 10.3. The molecule has 0 fully saturated rings. The van der Waals surface area contributed by atoms with Crippen LogP contribution in [-0.2, 0) is 13.1 Å². The maximum Gasteiger partial charge on any atom is 0.251 e. The summed E-state index contributed by atoms with van der Waals surface area (Å²) in [5, 5.41) is 1.12. The van der Waals surface area contributed by atoms with E-state index < -0.39 is 0 Å². The molecular formula is C13H17ClN2O. The molecule has 92 valence electrons. The van der Waals surface area contributed by atoms with E-state index in [1.54, 1.807) is 10.6 Å². The maximum absolute atomic E-state index is 11.8. The van der Waals surface area contributed by atoms with Gasteiger partial charge in [-0.15, -0.1) is 12.4 Å². The molecule has 0 bridgehead atoms. The smallest absolute Gasteiger partial charge is 0.251 e. The van der Waals surface area contributed by atoms with Crippen molar-refractivity contribution in [2.24, 2.45) is 5.73 Å². The van der Waals surface area contributed by atoms with Crippen molar-refractivity contribution < 1.29 is 0 Å². The summed E-state index contributed by atoms with van der Waals surface area (Å²) in [5.74, 6) is 0. The van der Waals surface area contributed by atoms with E-state index in [-0.39, 0.29) is 18.0 Å². The maximum atomic E-state index is 11.8. The Morgan fingerprint density at radius 3 is 2.59 bits per heavy atom. The monoisotopic (exact) mass is 252 g/mol. The summed E-state index contributed by atoms with van der Waals surface area (Å²) in [7, 11) is 0. The lowest BCUT2D eigenvalue weighted by molar-refractivity contribution is 0.758. The number of hydrogen-bond acceptors (Lipinski definition) is 2. The molecule has 0 aliphatic rings. The summed E-state index contributed by atoms with van der Waals surface area (Å²) >= 11 is 0. The Morgan fingerprint density at radius 2 is 2.00 bits per heavy atom. The number of nitrogens with zero attached hydrogens (tertiary/aromatic N) is 1. The zero-order valence-electron chi connectivity index (χ0n) is 10.1. The summed E-state index contributed by atoms with van der Waals surface area (Å²) in [6, 6.07) is 7.71. The molecule has 0 spiro atoms. The number of hydrogen-bond donors (Lipinski definition) is 1. The van der Waals surface area contributed by atoms with Crippen LogP contribution in [0.25, 0.3) is 10.9 Å². The highest BCUT2D eigenvalue weighted by molar-refractivity contribution is 5.85. The van der Waals surface area contributed by atoms with Gasteiger partial charge in [0.15, 0.2) is 0 Å². The first-order valence-electron chi connectivity index (χ1n) is 5.50. The third kappa shape index (κ3) is 2.35. The van der Waals surface area contributed by atoms with Crippen molar-refractivity contribution in [2.75, 3.05) is 0 Å². The van der Waals surface area contributed by atoms with Crippen molar-refractivity contribution in [1.29, 1.82) is 0 Å². The predicted molar refractivity (Wildman–Crippen MR) is 73.8 cm³/mol. The van der Waals surface area contributed by atoms with Gasteiger partial charge >= 0.3 is 0 Å². The van der Waals surface area contributed by atoms with Crippen LogP contribution in [0.15, 0.2) is 29.1 Å². The average Bonchev–Trinajstić information content (AvgIpc) is 2.29. The highest BCUT2D eigenvalue weighted by atomic mass is 35.5. The van der Waals surface area contributed by atoms with Crippen molar-refractivity contribution in [3.05, 3.63) is 45.7 Å². The second-order valence-corrected chi connectivity index (χ2v) is 3.97. The minimum Gasteiger partial charge on any atom is -0.326 e. The predicted octanol–water partition coefficient (Wildman–Crippen LogP) is 2.21. The second-order valence-electron chi connectivity index (χ2n) is 3.97. The molecule has 1 heterocycles. The first-order valence-corrected chi connectivity index (χ1v) is 5.50. The van der Waals surface area contributed by atoms with Gasteiger partial charge in [0.2, 0.25) is 0 Å². The van der Waals surface area contributed by atoms with E-state index >= 15 is 0 Å². The van der Waals surface area contributed by atoms with Crippen molar-refractivity contribution >= 4 is 23.3 Å². The van der Waals surface area contributed by atoms with E-state index in [2.05, 4.69) is 6.07 Å². The number of benzene rings is 1. The molecule has 1 aromatic carbocycles. The molecule has 0 aliphatic heterocycles. The van der Waals surface area contributed by atoms with Crippen LogP contribution >= 0.6 is 12.4 Å². The molecule has 0 aliphatic carbocycles. The Labute approximate surface area is 107 Å². The number of fused-ring (bicyclic) bond motifs is 1. The van der Waals surface area contributed by atoms with Crippen LogP contribution in [0, 0.1) is 6.92 Å². The van der Waals surface area contributed by atoms with Gasteiger partial charge in [0.25, 0.3) is 5.56 Å². The van der Waals surface area contributed by atoms with E-state index in [1.807, 2.05) is 26.0 Å². The Kier molecular flexibility index (Phi) is 4.32. The molecule has 2 aromatic rings. The lowest BCUT2D eigenvalue weighted by atomic mass is 10.1. The van der Waals surface area contributed by atoms with Gasteiger partial charge in [0, 0.05) is 24.5 Å². The second kappa shape index (κ2) is 5.34. The SMILES string of the molecule is CCn1c(=O)cc(C)c2cc(CN)ccc21.Cl. The minimum atomic E-state index is 0. The summed E-state index contributed by atoms with van der Waals surface area (Å²) in [6.45, 7) is 5.16. The van der Waals surface area contributed by atoms with Crippen LogP contribution in [0.5, 0.6) is 0 Å². The number of halogens is 1. The van der Waals surface area contributed by atoms with Gasteiger partial charge in [-0.25, -0.2) is 0 Å². The molecule has 0 saturated carbocycles. The van der Waals surface area contributed by atoms with Gasteiger partial charge in [-0.05, 0) is 37.1 Å². The third-order valence-corrected chi connectivity index (χ3v) is 2.93.